The fourth-order valence-corrected chi connectivity index (χ4v) is 4.27. The van der Waals surface area contributed by atoms with Gasteiger partial charge in [-0.2, -0.15) is 5.10 Å². The van der Waals surface area contributed by atoms with Gasteiger partial charge in [0.15, 0.2) is 0 Å². The van der Waals surface area contributed by atoms with Crippen molar-refractivity contribution in [1.82, 2.24) is 20.1 Å². The minimum Gasteiger partial charge on any atom is -0.345 e. The number of aryl methyl sites for hydroxylation is 4. The summed E-state index contributed by atoms with van der Waals surface area (Å²) in [7, 11) is 0. The molecule has 0 fully saturated rings. The molecule has 32 heavy (non-hydrogen) atoms. The Hall–Kier alpha value is -2.99. The van der Waals surface area contributed by atoms with Gasteiger partial charge in [-0.3, -0.25) is 9.48 Å². The van der Waals surface area contributed by atoms with Crippen LogP contribution in [0, 0.1) is 20.8 Å². The van der Waals surface area contributed by atoms with Crippen LogP contribution in [-0.4, -0.2) is 20.7 Å². The first-order chi connectivity index (χ1) is 15.3. The molecule has 5 nitrogen and oxygen atoms in total. The zero-order valence-electron chi connectivity index (χ0n) is 19.0. The molecule has 0 aliphatic rings. The zero-order valence-corrected chi connectivity index (χ0v) is 20.6. The molecule has 2 aromatic heterocycles. The number of nitrogens with one attached hydrogen (secondary N) is 1. The topological polar surface area (TPSA) is 59.8 Å². The number of carbonyl (C=O) groups excluding carboxylic acids is 1. The number of aromatic nitrogens is 3. The zero-order chi connectivity index (χ0) is 23.0. The van der Waals surface area contributed by atoms with Crippen LogP contribution in [0.1, 0.15) is 52.6 Å². The molecular weight excluding hydrogens is 464 g/mol. The summed E-state index contributed by atoms with van der Waals surface area (Å²) in [5.74, 6) is -0.128. The van der Waals surface area contributed by atoms with E-state index < -0.39 is 0 Å². The summed E-state index contributed by atoms with van der Waals surface area (Å²) < 4.78 is 2.80. The molecule has 0 aliphatic heterocycles. The van der Waals surface area contributed by atoms with E-state index >= 15 is 0 Å². The van der Waals surface area contributed by atoms with Crippen LogP contribution in [0.4, 0.5) is 0 Å². The van der Waals surface area contributed by atoms with Crippen molar-refractivity contribution in [2.75, 3.05) is 0 Å². The number of hydrogen-bond acceptors (Lipinski definition) is 3. The van der Waals surface area contributed by atoms with Gasteiger partial charge < -0.3 is 5.32 Å². The van der Waals surface area contributed by atoms with Gasteiger partial charge in [-0.05, 0) is 76.1 Å². The summed E-state index contributed by atoms with van der Waals surface area (Å²) in [6.45, 7) is 11.0. The van der Waals surface area contributed by atoms with Gasteiger partial charge in [0, 0.05) is 33.7 Å². The second-order valence-corrected chi connectivity index (χ2v) is 9.15. The molecule has 1 unspecified atom stereocenters. The molecule has 0 aliphatic carbocycles. The van der Waals surface area contributed by atoms with Crippen molar-refractivity contribution in [2.24, 2.45) is 0 Å². The molecule has 2 heterocycles. The maximum atomic E-state index is 13.5. The highest BCUT2D eigenvalue weighted by atomic mass is 79.9. The monoisotopic (exact) mass is 490 g/mol. The van der Waals surface area contributed by atoms with Crippen molar-refractivity contribution in [3.8, 4) is 11.3 Å². The fraction of sp³-hybridized carbons (Fsp3) is 0.269. The van der Waals surface area contributed by atoms with E-state index in [2.05, 4.69) is 65.3 Å². The van der Waals surface area contributed by atoms with Gasteiger partial charge >= 0.3 is 0 Å². The van der Waals surface area contributed by atoms with Crippen LogP contribution >= 0.6 is 15.9 Å². The Kier molecular flexibility index (Phi) is 6.15. The highest BCUT2D eigenvalue weighted by molar-refractivity contribution is 9.10. The van der Waals surface area contributed by atoms with Crippen molar-refractivity contribution < 1.29 is 4.79 Å². The van der Waals surface area contributed by atoms with E-state index in [1.54, 1.807) is 0 Å². The van der Waals surface area contributed by atoms with Gasteiger partial charge in [-0.1, -0.05) is 28.1 Å². The van der Waals surface area contributed by atoms with Crippen molar-refractivity contribution >= 4 is 32.7 Å². The summed E-state index contributed by atoms with van der Waals surface area (Å²) in [4.78, 5) is 18.3. The third kappa shape index (κ3) is 4.32. The van der Waals surface area contributed by atoms with Crippen molar-refractivity contribution in [3.05, 3.63) is 81.1 Å². The van der Waals surface area contributed by atoms with E-state index in [-0.39, 0.29) is 11.9 Å². The first-order valence-electron chi connectivity index (χ1n) is 10.8. The van der Waals surface area contributed by atoms with Crippen LogP contribution in [0.15, 0.2) is 53.1 Å². The normalized spacial score (nSPS) is 12.2. The minimum absolute atomic E-state index is 0.128. The second-order valence-electron chi connectivity index (χ2n) is 8.24. The maximum absolute atomic E-state index is 13.5. The van der Waals surface area contributed by atoms with Gasteiger partial charge in [-0.25, -0.2) is 4.98 Å². The van der Waals surface area contributed by atoms with E-state index in [1.165, 1.54) is 11.1 Å². The lowest BCUT2D eigenvalue weighted by Crippen LogP contribution is -2.27. The number of rotatable bonds is 5. The molecule has 1 amide bonds. The van der Waals surface area contributed by atoms with Gasteiger partial charge in [0.05, 0.1) is 28.5 Å². The molecule has 6 heteroatoms. The van der Waals surface area contributed by atoms with E-state index in [0.717, 1.165) is 44.4 Å². The predicted molar refractivity (Wildman–Crippen MR) is 133 cm³/mol. The summed E-state index contributed by atoms with van der Waals surface area (Å²) in [5, 5.41) is 8.49. The fourth-order valence-electron chi connectivity index (χ4n) is 3.91. The Morgan fingerprint density at radius 3 is 2.56 bits per heavy atom. The molecule has 2 aromatic carbocycles. The van der Waals surface area contributed by atoms with E-state index in [0.29, 0.717) is 5.56 Å². The Morgan fingerprint density at radius 2 is 1.88 bits per heavy atom. The van der Waals surface area contributed by atoms with Crippen LogP contribution in [0.5, 0.6) is 0 Å². The minimum atomic E-state index is -0.164. The predicted octanol–water partition coefficient (Wildman–Crippen LogP) is 6.30. The molecule has 4 rings (SSSR count). The lowest BCUT2D eigenvalue weighted by atomic mass is 10.00. The largest absolute Gasteiger partial charge is 0.345 e. The number of fused-ring (bicyclic) bond motifs is 1. The quantitative estimate of drug-likeness (QED) is 0.357. The number of nitrogens with zero attached hydrogens (tertiary/aromatic N) is 3. The number of pyridine rings is 1. The maximum Gasteiger partial charge on any atom is 0.252 e. The molecule has 164 valence electrons. The smallest absolute Gasteiger partial charge is 0.252 e. The van der Waals surface area contributed by atoms with Gasteiger partial charge in [0.1, 0.15) is 0 Å². The number of amides is 1. The van der Waals surface area contributed by atoms with Crippen LogP contribution in [0.25, 0.3) is 22.2 Å². The lowest BCUT2D eigenvalue weighted by Gasteiger charge is -2.16. The first kappa shape index (κ1) is 22.2. The molecule has 0 bridgehead atoms. The number of benzene rings is 2. The molecule has 1 atom stereocenters. The lowest BCUT2D eigenvalue weighted by molar-refractivity contribution is 0.0941. The number of carbonyl (C=O) groups is 1. The number of hydrogen-bond donors (Lipinski definition) is 1. The van der Waals surface area contributed by atoms with Gasteiger partial charge in [0.25, 0.3) is 5.91 Å². The highest BCUT2D eigenvalue weighted by Gasteiger charge is 2.19. The van der Waals surface area contributed by atoms with E-state index in [1.807, 2.05) is 49.0 Å². The highest BCUT2D eigenvalue weighted by Crippen LogP contribution is 2.29. The third-order valence-corrected chi connectivity index (χ3v) is 6.43. The molecule has 0 saturated heterocycles. The standard InChI is InChI=1S/C26H27BrN4O/c1-6-31-14-23(18(5)30-31)17(4)28-26(32)22-13-25(19-8-7-15(2)16(3)11-19)29-24-10-9-20(27)12-21(22)24/h7-14,17H,6H2,1-5H3,(H,28,32). The second kappa shape index (κ2) is 8.87. The third-order valence-electron chi connectivity index (χ3n) is 5.94. The van der Waals surface area contributed by atoms with Crippen LogP contribution in [-0.2, 0) is 6.54 Å². The average Bonchev–Trinajstić information content (AvgIpc) is 3.15. The van der Waals surface area contributed by atoms with Crippen molar-refractivity contribution in [2.45, 2.75) is 47.2 Å². The van der Waals surface area contributed by atoms with Gasteiger partial charge in [-0.15, -0.1) is 0 Å². The summed E-state index contributed by atoms with van der Waals surface area (Å²) in [6, 6.07) is 13.8. The van der Waals surface area contributed by atoms with Crippen molar-refractivity contribution in [3.63, 3.8) is 0 Å². The summed E-state index contributed by atoms with van der Waals surface area (Å²) in [5.41, 5.74) is 7.56. The average molecular weight is 491 g/mol. The Bertz CT molecular complexity index is 1330. The molecule has 4 aromatic rings. The molecule has 0 radical (unpaired) electrons. The van der Waals surface area contributed by atoms with E-state index in [9.17, 15) is 4.79 Å². The van der Waals surface area contributed by atoms with Gasteiger partial charge in [0.2, 0.25) is 0 Å². The summed E-state index contributed by atoms with van der Waals surface area (Å²) in [6.07, 6.45) is 2.00. The van der Waals surface area contributed by atoms with E-state index in [4.69, 9.17) is 4.98 Å². The SMILES string of the molecule is CCn1cc(C(C)NC(=O)c2cc(-c3ccc(C)c(C)c3)nc3ccc(Br)cc23)c(C)n1. The van der Waals surface area contributed by atoms with Crippen LogP contribution in [0.2, 0.25) is 0 Å². The first-order valence-corrected chi connectivity index (χ1v) is 11.6. The van der Waals surface area contributed by atoms with Crippen molar-refractivity contribution in [1.29, 1.82) is 0 Å². The Morgan fingerprint density at radius 1 is 1.09 bits per heavy atom. The Balaban J connectivity index is 1.77. The summed E-state index contributed by atoms with van der Waals surface area (Å²) >= 11 is 3.53. The molecular formula is C26H27BrN4O. The molecule has 0 spiro atoms. The molecule has 0 saturated carbocycles. The molecule has 1 N–H and O–H groups in total. The van der Waals surface area contributed by atoms with Crippen LogP contribution in [0.3, 0.4) is 0 Å². The Labute approximate surface area is 197 Å². The number of halogens is 1. The van der Waals surface area contributed by atoms with Crippen LogP contribution < -0.4 is 5.32 Å².